The molecule has 0 aliphatic carbocycles. The van der Waals surface area contributed by atoms with E-state index >= 15 is 0 Å². The Morgan fingerprint density at radius 3 is 2.68 bits per heavy atom. The zero-order valence-corrected chi connectivity index (χ0v) is 16.7. The minimum Gasteiger partial charge on any atom is -0.493 e. The molecule has 0 saturated heterocycles. The number of carbonyl (C=O) groups excluding carboxylic acids is 2. The van der Waals surface area contributed by atoms with Crippen molar-refractivity contribution in [2.45, 2.75) is 6.42 Å². The number of hydrogen-bond donors (Lipinski definition) is 2. The first-order chi connectivity index (χ1) is 13.5. The van der Waals surface area contributed by atoms with Crippen molar-refractivity contribution in [3.05, 3.63) is 52.5 Å². The predicted molar refractivity (Wildman–Crippen MR) is 110 cm³/mol. The van der Waals surface area contributed by atoms with Crippen molar-refractivity contribution in [2.75, 3.05) is 19.0 Å². The summed E-state index contributed by atoms with van der Waals surface area (Å²) in [7, 11) is 1.50. The maximum atomic E-state index is 11.8. The Bertz CT molecular complexity index is 908. The number of ether oxygens (including phenoxy) is 2. The van der Waals surface area contributed by atoms with Gasteiger partial charge in [0, 0.05) is 5.69 Å². The molecule has 7 nitrogen and oxygen atoms in total. The Labute approximate surface area is 171 Å². The zero-order valence-electron chi connectivity index (χ0n) is 15.1. The van der Waals surface area contributed by atoms with Crippen LogP contribution in [-0.2, 0) is 9.59 Å². The number of terminal acetylenes is 1. The lowest BCUT2D eigenvalue weighted by atomic mass is 10.2. The summed E-state index contributed by atoms with van der Waals surface area (Å²) >= 11 is 3.38. The second-order valence-corrected chi connectivity index (χ2v) is 6.27. The van der Waals surface area contributed by atoms with Crippen LogP contribution in [0.25, 0.3) is 0 Å². The summed E-state index contributed by atoms with van der Waals surface area (Å²) in [5, 5.41) is 6.48. The number of hydrazone groups is 1. The average Bonchev–Trinajstić information content (AvgIpc) is 2.67. The molecule has 0 atom stereocenters. The van der Waals surface area contributed by atoms with Gasteiger partial charge < -0.3 is 14.8 Å². The lowest BCUT2D eigenvalue weighted by Crippen LogP contribution is -2.24. The quantitative estimate of drug-likeness (QED) is 0.284. The standard InChI is InChI=1S/C20H18BrN3O4/c1-3-9-28-20-16(21)10-14(11-17(20)27-2)13-22-24-19(26)12-18(25)23-15-7-5-4-6-8-15/h1,4-8,10-11,13H,9,12H2,2H3,(H,23,25)(H,24,26). The van der Waals surface area contributed by atoms with Crippen LogP contribution in [-0.4, -0.2) is 31.7 Å². The summed E-state index contributed by atoms with van der Waals surface area (Å²) in [6.07, 6.45) is 6.27. The third-order valence-corrected chi connectivity index (χ3v) is 3.92. The molecule has 2 aromatic carbocycles. The van der Waals surface area contributed by atoms with Gasteiger partial charge in [0.2, 0.25) is 11.8 Å². The molecule has 0 aliphatic rings. The van der Waals surface area contributed by atoms with Crippen molar-refractivity contribution in [2.24, 2.45) is 5.10 Å². The van der Waals surface area contributed by atoms with Crippen LogP contribution in [0.15, 0.2) is 52.0 Å². The van der Waals surface area contributed by atoms with E-state index in [0.29, 0.717) is 27.2 Å². The van der Waals surface area contributed by atoms with Crippen molar-refractivity contribution >= 4 is 39.6 Å². The Morgan fingerprint density at radius 1 is 1.25 bits per heavy atom. The van der Waals surface area contributed by atoms with Gasteiger partial charge in [-0.3, -0.25) is 9.59 Å². The molecule has 0 unspecified atom stereocenters. The number of benzene rings is 2. The average molecular weight is 444 g/mol. The maximum Gasteiger partial charge on any atom is 0.249 e. The van der Waals surface area contributed by atoms with Gasteiger partial charge in [0.1, 0.15) is 13.0 Å². The first-order valence-electron chi connectivity index (χ1n) is 8.14. The number of carbonyl (C=O) groups is 2. The van der Waals surface area contributed by atoms with Crippen LogP contribution in [0.4, 0.5) is 5.69 Å². The van der Waals surface area contributed by atoms with Gasteiger partial charge in [0.05, 0.1) is 17.8 Å². The van der Waals surface area contributed by atoms with Crippen LogP contribution in [0.1, 0.15) is 12.0 Å². The van der Waals surface area contributed by atoms with Gasteiger partial charge in [0.25, 0.3) is 0 Å². The largest absolute Gasteiger partial charge is 0.493 e. The Morgan fingerprint density at radius 2 is 2.00 bits per heavy atom. The third-order valence-electron chi connectivity index (χ3n) is 3.33. The fourth-order valence-corrected chi connectivity index (χ4v) is 2.73. The van der Waals surface area contributed by atoms with E-state index in [0.717, 1.165) is 0 Å². The molecule has 2 amide bonds. The molecular weight excluding hydrogens is 426 g/mol. The van der Waals surface area contributed by atoms with E-state index < -0.39 is 11.8 Å². The molecular formula is C20H18BrN3O4. The molecule has 0 fully saturated rings. The molecule has 2 N–H and O–H groups in total. The predicted octanol–water partition coefficient (Wildman–Crippen LogP) is 2.95. The smallest absolute Gasteiger partial charge is 0.249 e. The van der Waals surface area contributed by atoms with E-state index in [4.69, 9.17) is 15.9 Å². The Hall–Kier alpha value is -3.31. The van der Waals surface area contributed by atoms with Gasteiger partial charge in [-0.15, -0.1) is 6.42 Å². The van der Waals surface area contributed by atoms with Crippen molar-refractivity contribution < 1.29 is 19.1 Å². The minimum atomic E-state index is -0.537. The molecule has 0 aliphatic heterocycles. The number of methoxy groups -OCH3 is 1. The Balaban J connectivity index is 1.92. The van der Waals surface area contributed by atoms with Crippen molar-refractivity contribution in [1.29, 1.82) is 0 Å². The molecule has 2 aromatic rings. The van der Waals surface area contributed by atoms with Crippen LogP contribution >= 0.6 is 15.9 Å². The monoisotopic (exact) mass is 443 g/mol. The van der Waals surface area contributed by atoms with Crippen molar-refractivity contribution in [3.63, 3.8) is 0 Å². The summed E-state index contributed by atoms with van der Waals surface area (Å²) in [6.45, 7) is 0.101. The van der Waals surface area contributed by atoms with Crippen LogP contribution < -0.4 is 20.2 Å². The number of nitrogens with one attached hydrogen (secondary N) is 2. The van der Waals surface area contributed by atoms with E-state index in [2.05, 4.69) is 37.7 Å². The number of halogens is 1. The number of nitrogens with zero attached hydrogens (tertiary/aromatic N) is 1. The van der Waals surface area contributed by atoms with Gasteiger partial charge in [-0.2, -0.15) is 5.10 Å². The summed E-state index contributed by atoms with van der Waals surface area (Å²) in [5.74, 6) is 2.34. The second kappa shape index (κ2) is 10.7. The van der Waals surface area contributed by atoms with E-state index in [9.17, 15) is 9.59 Å². The molecule has 0 radical (unpaired) electrons. The highest BCUT2D eigenvalue weighted by Gasteiger charge is 2.11. The van der Waals surface area contributed by atoms with Crippen LogP contribution in [0.5, 0.6) is 11.5 Å². The van der Waals surface area contributed by atoms with Gasteiger partial charge in [-0.25, -0.2) is 5.43 Å². The molecule has 144 valence electrons. The number of anilines is 1. The maximum absolute atomic E-state index is 11.8. The molecule has 0 spiro atoms. The molecule has 2 rings (SSSR count). The second-order valence-electron chi connectivity index (χ2n) is 5.41. The van der Waals surface area contributed by atoms with E-state index in [1.807, 2.05) is 6.07 Å². The van der Waals surface area contributed by atoms with E-state index in [1.54, 1.807) is 36.4 Å². The minimum absolute atomic E-state index is 0.101. The number of hydrogen-bond acceptors (Lipinski definition) is 5. The fourth-order valence-electron chi connectivity index (χ4n) is 2.16. The van der Waals surface area contributed by atoms with E-state index in [-0.39, 0.29) is 13.0 Å². The topological polar surface area (TPSA) is 89.0 Å². The van der Waals surface area contributed by atoms with Gasteiger partial charge >= 0.3 is 0 Å². The van der Waals surface area contributed by atoms with Gasteiger partial charge in [-0.05, 0) is 45.8 Å². The lowest BCUT2D eigenvalue weighted by Gasteiger charge is -2.11. The zero-order chi connectivity index (χ0) is 20.4. The van der Waals surface area contributed by atoms with Crippen LogP contribution in [0, 0.1) is 12.3 Å². The molecule has 28 heavy (non-hydrogen) atoms. The highest BCUT2D eigenvalue weighted by Crippen LogP contribution is 2.36. The first kappa shape index (κ1) is 21.0. The summed E-state index contributed by atoms with van der Waals surface area (Å²) in [6, 6.07) is 12.3. The van der Waals surface area contributed by atoms with Crippen molar-refractivity contribution in [3.8, 4) is 23.8 Å². The highest BCUT2D eigenvalue weighted by atomic mass is 79.9. The number of para-hydroxylation sites is 1. The lowest BCUT2D eigenvalue weighted by molar-refractivity contribution is -0.126. The molecule has 0 saturated carbocycles. The normalized spacial score (nSPS) is 10.2. The number of amides is 2. The molecule has 0 heterocycles. The van der Waals surface area contributed by atoms with Gasteiger partial charge in [0.15, 0.2) is 11.5 Å². The summed E-state index contributed by atoms with van der Waals surface area (Å²) in [5.41, 5.74) is 3.57. The molecule has 0 bridgehead atoms. The molecule has 0 aromatic heterocycles. The van der Waals surface area contributed by atoms with E-state index in [1.165, 1.54) is 13.3 Å². The summed E-state index contributed by atoms with van der Waals surface area (Å²) < 4.78 is 11.3. The first-order valence-corrected chi connectivity index (χ1v) is 8.93. The van der Waals surface area contributed by atoms with Crippen LogP contribution in [0.2, 0.25) is 0 Å². The fraction of sp³-hybridized carbons (Fsp3) is 0.150. The highest BCUT2D eigenvalue weighted by molar-refractivity contribution is 9.10. The van der Waals surface area contributed by atoms with Crippen molar-refractivity contribution in [1.82, 2.24) is 5.43 Å². The number of rotatable bonds is 8. The SMILES string of the molecule is C#CCOc1c(Br)cc(C=NNC(=O)CC(=O)Nc2ccccc2)cc1OC. The summed E-state index contributed by atoms with van der Waals surface area (Å²) in [4.78, 5) is 23.7. The molecule has 8 heteroatoms. The van der Waals surface area contributed by atoms with Gasteiger partial charge in [-0.1, -0.05) is 24.1 Å². The third kappa shape index (κ3) is 6.45. The Kier molecular flexibility index (Phi) is 8.06. The van der Waals surface area contributed by atoms with Crippen LogP contribution in [0.3, 0.4) is 0 Å².